The van der Waals surface area contributed by atoms with Crippen LogP contribution in [0.5, 0.6) is 11.5 Å². The second-order valence-corrected chi connectivity index (χ2v) is 6.30. The van der Waals surface area contributed by atoms with Crippen LogP contribution in [0.15, 0.2) is 42.5 Å². The molecule has 0 bridgehead atoms. The molecule has 26 heavy (non-hydrogen) atoms. The summed E-state index contributed by atoms with van der Waals surface area (Å²) in [5.41, 5.74) is 4.25. The van der Waals surface area contributed by atoms with Crippen LogP contribution in [0.1, 0.15) is 10.4 Å². The quantitative estimate of drug-likeness (QED) is 0.463. The maximum Gasteiger partial charge on any atom is 0.152 e. The molecule has 0 aliphatic rings. The fourth-order valence-electron chi connectivity index (χ4n) is 3.85. The van der Waals surface area contributed by atoms with Crippen molar-refractivity contribution in [1.29, 1.82) is 0 Å². The van der Waals surface area contributed by atoms with Gasteiger partial charge in [-0.1, -0.05) is 12.1 Å². The number of nitrogens with one attached hydrogen (secondary N) is 2. The Morgan fingerprint density at radius 2 is 1.69 bits per heavy atom. The molecule has 0 unspecified atom stereocenters. The minimum Gasteiger partial charge on any atom is -0.497 e. The van der Waals surface area contributed by atoms with E-state index in [1.807, 2.05) is 36.4 Å². The molecule has 0 spiro atoms. The molecule has 3 aromatic carbocycles. The monoisotopic (exact) mass is 344 g/mol. The third kappa shape index (κ3) is 1.82. The Labute approximate surface area is 148 Å². The second-order valence-electron chi connectivity index (χ2n) is 6.30. The Bertz CT molecular complexity index is 1330. The van der Waals surface area contributed by atoms with Gasteiger partial charge in [-0.05, 0) is 30.3 Å². The molecule has 0 radical (unpaired) electrons. The predicted octanol–water partition coefficient (Wildman–Crippen LogP) is 4.79. The first kappa shape index (κ1) is 14.8. The molecule has 0 saturated carbocycles. The van der Waals surface area contributed by atoms with Crippen LogP contribution in [0, 0.1) is 0 Å². The number of carbonyl (C=O) groups is 1. The molecule has 0 amide bonds. The van der Waals surface area contributed by atoms with Crippen molar-refractivity contribution in [2.75, 3.05) is 14.2 Å². The van der Waals surface area contributed by atoms with E-state index in [1.165, 1.54) is 0 Å². The lowest BCUT2D eigenvalue weighted by atomic mass is 10.0. The first-order valence-corrected chi connectivity index (χ1v) is 8.31. The Hall–Kier alpha value is -3.47. The number of H-pyrrole nitrogens is 2. The summed E-state index contributed by atoms with van der Waals surface area (Å²) in [6.45, 7) is 0. The number of aromatic nitrogens is 2. The van der Waals surface area contributed by atoms with Crippen molar-refractivity contribution in [3.05, 3.63) is 48.0 Å². The van der Waals surface area contributed by atoms with Crippen LogP contribution in [-0.2, 0) is 0 Å². The van der Waals surface area contributed by atoms with Gasteiger partial charge in [-0.3, -0.25) is 4.79 Å². The zero-order chi connectivity index (χ0) is 17.8. The number of hydrogen-bond acceptors (Lipinski definition) is 3. The van der Waals surface area contributed by atoms with Crippen LogP contribution in [-0.4, -0.2) is 30.5 Å². The van der Waals surface area contributed by atoms with E-state index in [9.17, 15) is 4.79 Å². The van der Waals surface area contributed by atoms with E-state index in [4.69, 9.17) is 9.47 Å². The van der Waals surface area contributed by atoms with Crippen LogP contribution >= 0.6 is 0 Å². The van der Waals surface area contributed by atoms with Crippen molar-refractivity contribution >= 4 is 49.9 Å². The number of aromatic amines is 2. The highest BCUT2D eigenvalue weighted by molar-refractivity contribution is 6.25. The van der Waals surface area contributed by atoms with Gasteiger partial charge in [-0.15, -0.1) is 0 Å². The lowest BCUT2D eigenvalue weighted by Crippen LogP contribution is -1.85. The summed E-state index contributed by atoms with van der Waals surface area (Å²) >= 11 is 0. The van der Waals surface area contributed by atoms with Crippen molar-refractivity contribution in [2.24, 2.45) is 0 Å². The van der Waals surface area contributed by atoms with Gasteiger partial charge in [0.25, 0.3) is 0 Å². The molecule has 5 heteroatoms. The van der Waals surface area contributed by atoms with Crippen molar-refractivity contribution in [3.8, 4) is 11.5 Å². The molecule has 5 nitrogen and oxygen atoms in total. The number of para-hydroxylation sites is 1. The second kappa shape index (κ2) is 5.26. The fraction of sp³-hybridized carbons (Fsp3) is 0.0952. The van der Waals surface area contributed by atoms with Crippen molar-refractivity contribution in [3.63, 3.8) is 0 Å². The normalized spacial score (nSPS) is 11.6. The molecular formula is C21H16N2O3. The maximum atomic E-state index is 12.0. The summed E-state index contributed by atoms with van der Waals surface area (Å²) in [5.74, 6) is 1.54. The summed E-state index contributed by atoms with van der Waals surface area (Å²) in [4.78, 5) is 18.9. The summed E-state index contributed by atoms with van der Waals surface area (Å²) in [7, 11) is 3.29. The number of hydrogen-bond donors (Lipinski definition) is 2. The average molecular weight is 344 g/mol. The topological polar surface area (TPSA) is 67.1 Å². The molecule has 0 aliphatic carbocycles. The molecule has 2 aromatic heterocycles. The van der Waals surface area contributed by atoms with E-state index in [-0.39, 0.29) is 0 Å². The Kier molecular flexibility index (Phi) is 3.00. The van der Waals surface area contributed by atoms with Crippen LogP contribution in [0.4, 0.5) is 0 Å². The number of aldehydes is 1. The molecule has 0 saturated heterocycles. The minimum atomic E-state index is 0.646. The zero-order valence-electron chi connectivity index (χ0n) is 14.3. The first-order chi connectivity index (χ1) is 12.7. The zero-order valence-corrected chi connectivity index (χ0v) is 14.3. The Morgan fingerprint density at radius 1 is 0.846 bits per heavy atom. The van der Waals surface area contributed by atoms with Crippen LogP contribution < -0.4 is 9.47 Å². The van der Waals surface area contributed by atoms with Crippen molar-refractivity contribution < 1.29 is 14.3 Å². The van der Waals surface area contributed by atoms with Crippen LogP contribution in [0.2, 0.25) is 0 Å². The number of rotatable bonds is 3. The molecule has 0 aliphatic heterocycles. The Balaban J connectivity index is 2.01. The van der Waals surface area contributed by atoms with Crippen molar-refractivity contribution in [2.45, 2.75) is 0 Å². The molecule has 2 heterocycles. The van der Waals surface area contributed by atoms with E-state index >= 15 is 0 Å². The molecule has 5 aromatic rings. The van der Waals surface area contributed by atoms with E-state index in [0.717, 1.165) is 61.4 Å². The summed E-state index contributed by atoms with van der Waals surface area (Å²) in [5, 5.41) is 3.88. The molecule has 0 atom stereocenters. The third-order valence-electron chi connectivity index (χ3n) is 5.04. The lowest BCUT2D eigenvalue weighted by Gasteiger charge is -2.01. The van der Waals surface area contributed by atoms with Gasteiger partial charge in [0.2, 0.25) is 0 Å². The predicted molar refractivity (Wildman–Crippen MR) is 104 cm³/mol. The number of carbonyl (C=O) groups excluding carboxylic acids is 1. The van der Waals surface area contributed by atoms with Gasteiger partial charge in [0.15, 0.2) is 6.29 Å². The largest absolute Gasteiger partial charge is 0.497 e. The van der Waals surface area contributed by atoms with E-state index in [1.54, 1.807) is 14.2 Å². The van der Waals surface area contributed by atoms with E-state index in [0.29, 0.717) is 5.56 Å². The lowest BCUT2D eigenvalue weighted by molar-refractivity contribution is 0.112. The summed E-state index contributed by atoms with van der Waals surface area (Å²) in [6.07, 6.45) is 0.921. The van der Waals surface area contributed by atoms with Gasteiger partial charge in [0.05, 0.1) is 25.3 Å². The van der Waals surface area contributed by atoms with Gasteiger partial charge in [0, 0.05) is 38.1 Å². The molecule has 128 valence electrons. The van der Waals surface area contributed by atoms with Gasteiger partial charge in [0.1, 0.15) is 11.5 Å². The third-order valence-corrected chi connectivity index (χ3v) is 5.04. The minimum absolute atomic E-state index is 0.646. The van der Waals surface area contributed by atoms with Crippen LogP contribution in [0.3, 0.4) is 0 Å². The number of benzene rings is 3. The molecule has 0 fully saturated rings. The van der Waals surface area contributed by atoms with Gasteiger partial charge < -0.3 is 19.4 Å². The number of ether oxygens (including phenoxy) is 2. The highest BCUT2D eigenvalue weighted by Crippen LogP contribution is 2.39. The number of fused-ring (bicyclic) bond motifs is 6. The average Bonchev–Trinajstić information content (AvgIpc) is 3.23. The van der Waals surface area contributed by atoms with Crippen LogP contribution in [0.25, 0.3) is 43.6 Å². The fourth-order valence-corrected chi connectivity index (χ4v) is 3.85. The van der Waals surface area contributed by atoms with Gasteiger partial charge >= 0.3 is 0 Å². The van der Waals surface area contributed by atoms with E-state index in [2.05, 4.69) is 16.0 Å². The highest BCUT2D eigenvalue weighted by atomic mass is 16.5. The summed E-state index contributed by atoms with van der Waals surface area (Å²) in [6, 6.07) is 13.8. The smallest absolute Gasteiger partial charge is 0.152 e. The highest BCUT2D eigenvalue weighted by Gasteiger charge is 2.17. The summed E-state index contributed by atoms with van der Waals surface area (Å²) < 4.78 is 10.8. The first-order valence-electron chi connectivity index (χ1n) is 8.31. The molecule has 5 rings (SSSR count). The van der Waals surface area contributed by atoms with Crippen molar-refractivity contribution in [1.82, 2.24) is 9.97 Å². The Morgan fingerprint density at radius 3 is 2.46 bits per heavy atom. The number of methoxy groups -OCH3 is 2. The van der Waals surface area contributed by atoms with E-state index < -0.39 is 0 Å². The van der Waals surface area contributed by atoms with Gasteiger partial charge in [-0.25, -0.2) is 0 Å². The van der Waals surface area contributed by atoms with Gasteiger partial charge in [-0.2, -0.15) is 0 Å². The maximum absolute atomic E-state index is 12.0. The SMILES string of the molecule is COc1ccc2[nH]c3c(C=O)c4c(cc3c2c1)[nH]c1c(OC)cccc14. The molecular weight excluding hydrogens is 328 g/mol. The standard InChI is InChI=1S/C21H16N2O3/c1-25-11-6-7-16-13(8-11)14-9-17-19(15(10-24)20(14)22-16)12-4-3-5-18(26-2)21(12)23-17/h3-10,22-23H,1-2H3. The molecule has 2 N–H and O–H groups in total.